The van der Waals surface area contributed by atoms with Crippen molar-refractivity contribution in [1.29, 1.82) is 0 Å². The molecule has 1 saturated heterocycles. The summed E-state index contributed by atoms with van der Waals surface area (Å²) in [7, 11) is 0. The minimum absolute atomic E-state index is 0.134. The second-order valence-corrected chi connectivity index (χ2v) is 5.86. The van der Waals surface area contributed by atoms with Crippen LogP contribution in [-0.2, 0) is 4.74 Å². The van der Waals surface area contributed by atoms with Crippen molar-refractivity contribution in [1.82, 2.24) is 5.32 Å². The number of ether oxygens (including phenoxy) is 1. The molecule has 0 aliphatic carbocycles. The van der Waals surface area contributed by atoms with Gasteiger partial charge in [0.05, 0.1) is 5.69 Å². The van der Waals surface area contributed by atoms with E-state index in [1.54, 1.807) is 12.1 Å². The van der Waals surface area contributed by atoms with Crippen LogP contribution in [0.5, 0.6) is 0 Å². The Labute approximate surface area is 127 Å². The van der Waals surface area contributed by atoms with E-state index < -0.39 is 0 Å². The third kappa shape index (κ3) is 4.17. The predicted molar refractivity (Wildman–Crippen MR) is 85.3 cm³/mol. The zero-order valence-corrected chi connectivity index (χ0v) is 13.2. The average Bonchev–Trinajstić information content (AvgIpc) is 2.52. The maximum atomic E-state index is 14.1. The summed E-state index contributed by atoms with van der Waals surface area (Å²) in [5.41, 5.74) is 0.884. The minimum atomic E-state index is -0.134. The first-order valence-electron chi connectivity index (χ1n) is 7.99. The lowest BCUT2D eigenvalue weighted by atomic mass is 9.79. The minimum Gasteiger partial charge on any atom is -0.381 e. The zero-order valence-electron chi connectivity index (χ0n) is 13.2. The highest BCUT2D eigenvalue weighted by Crippen LogP contribution is 2.33. The lowest BCUT2D eigenvalue weighted by Crippen LogP contribution is -2.47. The van der Waals surface area contributed by atoms with Crippen molar-refractivity contribution in [3.8, 4) is 0 Å². The molecule has 0 unspecified atom stereocenters. The van der Waals surface area contributed by atoms with Crippen LogP contribution in [0.2, 0.25) is 0 Å². The molecule has 0 saturated carbocycles. The third-order valence-corrected chi connectivity index (χ3v) is 4.40. The van der Waals surface area contributed by atoms with E-state index in [0.717, 1.165) is 52.2 Å². The number of halogens is 1. The van der Waals surface area contributed by atoms with Gasteiger partial charge in [0.2, 0.25) is 0 Å². The fourth-order valence-electron chi connectivity index (χ4n) is 3.07. The fraction of sp³-hybridized carbons (Fsp3) is 0.647. The summed E-state index contributed by atoms with van der Waals surface area (Å²) >= 11 is 0. The Morgan fingerprint density at radius 3 is 2.57 bits per heavy atom. The van der Waals surface area contributed by atoms with E-state index in [1.807, 2.05) is 12.1 Å². The van der Waals surface area contributed by atoms with Gasteiger partial charge in [0.1, 0.15) is 5.82 Å². The molecular formula is C17H27FN2O. The molecule has 1 aliphatic heterocycles. The number of benzene rings is 1. The van der Waals surface area contributed by atoms with Crippen LogP contribution in [-0.4, -0.2) is 39.4 Å². The summed E-state index contributed by atoms with van der Waals surface area (Å²) < 4.78 is 19.6. The number of anilines is 1. The molecule has 0 aromatic heterocycles. The maximum Gasteiger partial charge on any atom is 0.146 e. The van der Waals surface area contributed by atoms with E-state index in [1.165, 1.54) is 0 Å². The Bertz CT molecular complexity index is 433. The summed E-state index contributed by atoms with van der Waals surface area (Å²) in [4.78, 5) is 2.16. The van der Waals surface area contributed by atoms with Gasteiger partial charge in [-0.25, -0.2) is 4.39 Å². The molecule has 0 spiro atoms. The maximum absolute atomic E-state index is 14.1. The lowest BCUT2D eigenvalue weighted by Gasteiger charge is -2.41. The number of nitrogens with zero attached hydrogens (tertiary/aromatic N) is 1. The smallest absolute Gasteiger partial charge is 0.146 e. The van der Waals surface area contributed by atoms with E-state index >= 15 is 0 Å². The standard InChI is InChI=1S/C17H27FN2O/c1-3-19-13-17(9-11-21-12-10-17)14-20(4-2)16-8-6-5-7-15(16)18/h5-8,19H,3-4,9-14H2,1-2H3. The van der Waals surface area contributed by atoms with Crippen molar-refractivity contribution >= 4 is 5.69 Å². The Hall–Kier alpha value is -1.13. The molecular weight excluding hydrogens is 267 g/mol. The van der Waals surface area contributed by atoms with E-state index in [0.29, 0.717) is 5.69 Å². The van der Waals surface area contributed by atoms with Gasteiger partial charge in [-0.15, -0.1) is 0 Å². The van der Waals surface area contributed by atoms with Crippen molar-refractivity contribution in [2.24, 2.45) is 5.41 Å². The molecule has 0 atom stereocenters. The molecule has 0 radical (unpaired) electrons. The Balaban J connectivity index is 2.15. The number of nitrogens with one attached hydrogen (secondary N) is 1. The SMILES string of the molecule is CCNCC1(CN(CC)c2ccccc2F)CCOCC1. The van der Waals surface area contributed by atoms with E-state index in [2.05, 4.69) is 24.1 Å². The topological polar surface area (TPSA) is 24.5 Å². The van der Waals surface area contributed by atoms with E-state index in [9.17, 15) is 4.39 Å². The highest BCUT2D eigenvalue weighted by Gasteiger charge is 2.34. The van der Waals surface area contributed by atoms with Crippen molar-refractivity contribution in [3.05, 3.63) is 30.1 Å². The number of hydrogen-bond donors (Lipinski definition) is 1. The van der Waals surface area contributed by atoms with Crippen molar-refractivity contribution < 1.29 is 9.13 Å². The third-order valence-electron chi connectivity index (χ3n) is 4.40. The van der Waals surface area contributed by atoms with E-state index in [-0.39, 0.29) is 11.2 Å². The molecule has 21 heavy (non-hydrogen) atoms. The van der Waals surface area contributed by atoms with Crippen LogP contribution in [0.1, 0.15) is 26.7 Å². The Morgan fingerprint density at radius 2 is 1.95 bits per heavy atom. The quantitative estimate of drug-likeness (QED) is 0.836. The van der Waals surface area contributed by atoms with Gasteiger partial charge in [-0.1, -0.05) is 19.1 Å². The zero-order chi connectivity index (χ0) is 15.1. The summed E-state index contributed by atoms with van der Waals surface area (Å²) in [5.74, 6) is -0.134. The summed E-state index contributed by atoms with van der Waals surface area (Å²) in [6.07, 6.45) is 2.07. The Kier molecular flexibility index (Phi) is 6.00. The summed E-state index contributed by atoms with van der Waals surface area (Å²) in [5, 5.41) is 3.48. The largest absolute Gasteiger partial charge is 0.381 e. The predicted octanol–water partition coefficient (Wildman–Crippen LogP) is 3.06. The summed E-state index contributed by atoms with van der Waals surface area (Å²) in [6.45, 7) is 9.46. The van der Waals surface area contributed by atoms with Gasteiger partial charge >= 0.3 is 0 Å². The van der Waals surface area contributed by atoms with Gasteiger partial charge in [-0.2, -0.15) is 0 Å². The normalized spacial score (nSPS) is 17.7. The van der Waals surface area contributed by atoms with E-state index in [4.69, 9.17) is 4.74 Å². The molecule has 1 heterocycles. The number of rotatable bonds is 7. The van der Waals surface area contributed by atoms with Crippen LogP contribution in [0, 0.1) is 11.2 Å². The molecule has 1 fully saturated rings. The first-order chi connectivity index (χ1) is 10.2. The molecule has 1 aromatic carbocycles. The lowest BCUT2D eigenvalue weighted by molar-refractivity contribution is 0.0186. The average molecular weight is 294 g/mol. The fourth-order valence-corrected chi connectivity index (χ4v) is 3.07. The Morgan fingerprint density at radius 1 is 1.24 bits per heavy atom. The van der Waals surface area contributed by atoms with Gasteiger partial charge in [0.25, 0.3) is 0 Å². The first kappa shape index (κ1) is 16.2. The van der Waals surface area contributed by atoms with Crippen molar-refractivity contribution in [3.63, 3.8) is 0 Å². The van der Waals surface area contributed by atoms with Gasteiger partial charge in [-0.05, 0) is 38.4 Å². The van der Waals surface area contributed by atoms with Crippen LogP contribution in [0.25, 0.3) is 0 Å². The van der Waals surface area contributed by atoms with Crippen LogP contribution in [0.15, 0.2) is 24.3 Å². The van der Waals surface area contributed by atoms with Crippen LogP contribution in [0.4, 0.5) is 10.1 Å². The number of para-hydroxylation sites is 1. The number of hydrogen-bond acceptors (Lipinski definition) is 3. The molecule has 1 N–H and O–H groups in total. The van der Waals surface area contributed by atoms with Crippen molar-refractivity contribution in [2.45, 2.75) is 26.7 Å². The highest BCUT2D eigenvalue weighted by atomic mass is 19.1. The molecule has 3 nitrogen and oxygen atoms in total. The summed E-state index contributed by atoms with van der Waals surface area (Å²) in [6, 6.07) is 7.07. The second-order valence-electron chi connectivity index (χ2n) is 5.86. The van der Waals surface area contributed by atoms with Gasteiger partial charge in [0, 0.05) is 38.3 Å². The molecule has 0 amide bonds. The highest BCUT2D eigenvalue weighted by molar-refractivity contribution is 5.47. The van der Waals surface area contributed by atoms with Crippen molar-refractivity contribution in [2.75, 3.05) is 44.3 Å². The van der Waals surface area contributed by atoms with Gasteiger partial charge in [-0.3, -0.25) is 0 Å². The first-order valence-corrected chi connectivity index (χ1v) is 7.99. The molecule has 1 aromatic rings. The van der Waals surface area contributed by atoms with Crippen LogP contribution >= 0.6 is 0 Å². The van der Waals surface area contributed by atoms with Gasteiger partial charge in [0.15, 0.2) is 0 Å². The molecule has 2 rings (SSSR count). The van der Waals surface area contributed by atoms with Crippen LogP contribution in [0.3, 0.4) is 0 Å². The van der Waals surface area contributed by atoms with Crippen LogP contribution < -0.4 is 10.2 Å². The monoisotopic (exact) mass is 294 g/mol. The van der Waals surface area contributed by atoms with Gasteiger partial charge < -0.3 is 15.0 Å². The molecule has 4 heteroatoms. The second kappa shape index (κ2) is 7.76. The molecule has 1 aliphatic rings. The molecule has 118 valence electrons. The molecule has 0 bridgehead atoms.